The summed E-state index contributed by atoms with van der Waals surface area (Å²) in [5.41, 5.74) is 8.99. The first kappa shape index (κ1) is 14.0. The second-order valence-electron chi connectivity index (χ2n) is 6.00. The van der Waals surface area contributed by atoms with Crippen LogP contribution in [0.1, 0.15) is 44.2 Å². The molecule has 0 aliphatic heterocycles. The van der Waals surface area contributed by atoms with E-state index in [1.807, 2.05) is 24.3 Å². The van der Waals surface area contributed by atoms with Gasteiger partial charge in [-0.25, -0.2) is 0 Å². The van der Waals surface area contributed by atoms with E-state index in [0.717, 1.165) is 41.3 Å². The van der Waals surface area contributed by atoms with Crippen molar-refractivity contribution in [1.29, 1.82) is 0 Å². The molecule has 2 N–H and O–H groups in total. The first-order valence-corrected chi connectivity index (χ1v) is 7.58. The summed E-state index contributed by atoms with van der Waals surface area (Å²) in [6.07, 6.45) is 4.80. The molecule has 2 aromatic rings. The van der Waals surface area contributed by atoms with Gasteiger partial charge < -0.3 is 15.0 Å². The molecule has 1 aliphatic carbocycles. The third-order valence-corrected chi connectivity index (χ3v) is 4.51. The van der Waals surface area contributed by atoms with E-state index < -0.39 is 0 Å². The van der Waals surface area contributed by atoms with Gasteiger partial charge in [0.1, 0.15) is 5.75 Å². The smallest absolute Gasteiger partial charge is 0.230 e. The van der Waals surface area contributed by atoms with Crippen molar-refractivity contribution >= 4 is 5.88 Å². The Kier molecular flexibility index (Phi) is 3.86. The van der Waals surface area contributed by atoms with Crippen molar-refractivity contribution in [3.05, 3.63) is 30.0 Å². The fraction of sp³-hybridized carbons (Fsp3) is 0.471. The van der Waals surface area contributed by atoms with Crippen molar-refractivity contribution in [2.45, 2.75) is 38.5 Å². The zero-order valence-electron chi connectivity index (χ0n) is 12.6. The third kappa shape index (κ3) is 2.75. The molecule has 1 aromatic heterocycles. The number of rotatable bonds is 3. The molecule has 0 amide bonds. The molecule has 0 unspecified atom stereocenters. The maximum absolute atomic E-state index is 6.03. The molecule has 4 nitrogen and oxygen atoms in total. The zero-order chi connectivity index (χ0) is 14.8. The highest BCUT2D eigenvalue weighted by Crippen LogP contribution is 2.42. The average molecular weight is 286 g/mol. The molecular formula is C17H22N2O2. The minimum Gasteiger partial charge on any atom is -0.497 e. The van der Waals surface area contributed by atoms with E-state index >= 15 is 0 Å². The number of nitrogen functional groups attached to an aromatic ring is 1. The quantitative estimate of drug-likeness (QED) is 0.917. The van der Waals surface area contributed by atoms with Crippen LogP contribution in [0, 0.1) is 5.92 Å². The van der Waals surface area contributed by atoms with Gasteiger partial charge in [0.25, 0.3) is 0 Å². The van der Waals surface area contributed by atoms with E-state index in [9.17, 15) is 0 Å². The number of benzene rings is 1. The molecule has 0 bridgehead atoms. The lowest BCUT2D eigenvalue weighted by molar-refractivity contribution is 0.331. The molecule has 4 heteroatoms. The Hall–Kier alpha value is -1.97. The number of nitrogens with zero attached hydrogens (tertiary/aromatic N) is 1. The number of methoxy groups -OCH3 is 1. The second kappa shape index (κ2) is 5.80. The van der Waals surface area contributed by atoms with Crippen LogP contribution in [-0.4, -0.2) is 12.3 Å². The van der Waals surface area contributed by atoms with Crippen LogP contribution in [0.4, 0.5) is 5.88 Å². The van der Waals surface area contributed by atoms with E-state index in [4.69, 9.17) is 15.0 Å². The van der Waals surface area contributed by atoms with Crippen LogP contribution in [0.5, 0.6) is 5.75 Å². The molecule has 1 saturated carbocycles. The molecule has 21 heavy (non-hydrogen) atoms. The maximum Gasteiger partial charge on any atom is 0.230 e. The molecule has 0 radical (unpaired) electrons. The van der Waals surface area contributed by atoms with Crippen molar-refractivity contribution in [3.63, 3.8) is 0 Å². The first-order chi connectivity index (χ1) is 10.2. The Bertz CT molecular complexity index is 613. The van der Waals surface area contributed by atoms with Gasteiger partial charge in [-0.15, -0.1) is 0 Å². The first-order valence-electron chi connectivity index (χ1n) is 7.58. The summed E-state index contributed by atoms with van der Waals surface area (Å²) in [5.74, 6) is 2.47. The van der Waals surface area contributed by atoms with Gasteiger partial charge in [-0.3, -0.25) is 0 Å². The number of anilines is 1. The van der Waals surface area contributed by atoms with Crippen molar-refractivity contribution in [3.8, 4) is 16.9 Å². The predicted octanol–water partition coefficient (Wildman–Crippen LogP) is 4.23. The molecule has 0 spiro atoms. The highest BCUT2D eigenvalue weighted by atomic mass is 16.5. The SMILES string of the molecule is COc1cccc(-c2c(C3CCC(C)CC3)noc2N)c1. The molecule has 112 valence electrons. The van der Waals surface area contributed by atoms with E-state index in [-0.39, 0.29) is 0 Å². The van der Waals surface area contributed by atoms with Crippen LogP contribution in [0.25, 0.3) is 11.1 Å². The van der Waals surface area contributed by atoms with Crippen LogP contribution in [-0.2, 0) is 0 Å². The van der Waals surface area contributed by atoms with Crippen molar-refractivity contribution in [1.82, 2.24) is 5.16 Å². The summed E-state index contributed by atoms with van der Waals surface area (Å²) in [7, 11) is 1.67. The van der Waals surface area contributed by atoms with Gasteiger partial charge in [-0.2, -0.15) is 0 Å². The van der Waals surface area contributed by atoms with Crippen molar-refractivity contribution in [2.75, 3.05) is 12.8 Å². The molecular weight excluding hydrogens is 264 g/mol. The predicted molar refractivity (Wildman–Crippen MR) is 83.3 cm³/mol. The fourth-order valence-corrected chi connectivity index (χ4v) is 3.20. The minimum absolute atomic E-state index is 0.400. The highest BCUT2D eigenvalue weighted by molar-refractivity contribution is 5.76. The number of hydrogen-bond donors (Lipinski definition) is 1. The standard InChI is InChI=1S/C17H22N2O2/c1-11-6-8-12(9-7-11)16-15(17(18)21-19-16)13-4-3-5-14(10-13)20-2/h3-5,10-12H,6-9,18H2,1-2H3. The number of ether oxygens (including phenoxy) is 1. The van der Waals surface area contributed by atoms with Crippen LogP contribution in [0.2, 0.25) is 0 Å². The van der Waals surface area contributed by atoms with Gasteiger partial charge in [0.15, 0.2) is 0 Å². The largest absolute Gasteiger partial charge is 0.497 e. The van der Waals surface area contributed by atoms with Gasteiger partial charge in [0.2, 0.25) is 5.88 Å². The van der Waals surface area contributed by atoms with E-state index in [1.54, 1.807) is 7.11 Å². The number of nitrogens with two attached hydrogens (primary N) is 1. The molecule has 0 atom stereocenters. The normalized spacial score (nSPS) is 22.2. The molecule has 1 fully saturated rings. The van der Waals surface area contributed by atoms with Crippen LogP contribution in [0.15, 0.2) is 28.8 Å². The van der Waals surface area contributed by atoms with Gasteiger partial charge in [0.05, 0.1) is 18.4 Å². The van der Waals surface area contributed by atoms with E-state index in [1.165, 1.54) is 12.8 Å². The summed E-state index contributed by atoms with van der Waals surface area (Å²) in [6, 6.07) is 7.90. The minimum atomic E-state index is 0.400. The molecule has 1 heterocycles. The third-order valence-electron chi connectivity index (χ3n) is 4.51. The molecule has 3 rings (SSSR count). The Morgan fingerprint density at radius 2 is 2.00 bits per heavy atom. The van der Waals surface area contributed by atoms with E-state index in [2.05, 4.69) is 12.1 Å². The summed E-state index contributed by atoms with van der Waals surface area (Å²) < 4.78 is 10.6. The Morgan fingerprint density at radius 1 is 1.24 bits per heavy atom. The number of hydrogen-bond acceptors (Lipinski definition) is 4. The molecule has 1 aliphatic rings. The van der Waals surface area contributed by atoms with Crippen LogP contribution in [0.3, 0.4) is 0 Å². The van der Waals surface area contributed by atoms with Gasteiger partial charge in [-0.1, -0.05) is 37.1 Å². The van der Waals surface area contributed by atoms with Gasteiger partial charge >= 0.3 is 0 Å². The fourth-order valence-electron chi connectivity index (χ4n) is 3.20. The summed E-state index contributed by atoms with van der Waals surface area (Å²) in [6.45, 7) is 2.32. The number of aromatic nitrogens is 1. The topological polar surface area (TPSA) is 61.3 Å². The average Bonchev–Trinajstić information content (AvgIpc) is 2.90. The second-order valence-corrected chi connectivity index (χ2v) is 6.00. The van der Waals surface area contributed by atoms with E-state index in [0.29, 0.717) is 11.8 Å². The Morgan fingerprint density at radius 3 is 2.71 bits per heavy atom. The highest BCUT2D eigenvalue weighted by Gasteiger charge is 2.27. The lowest BCUT2D eigenvalue weighted by Crippen LogP contribution is -2.11. The zero-order valence-corrected chi connectivity index (χ0v) is 12.6. The Balaban J connectivity index is 1.96. The monoisotopic (exact) mass is 286 g/mol. The van der Waals surface area contributed by atoms with Crippen molar-refractivity contribution in [2.24, 2.45) is 5.92 Å². The maximum atomic E-state index is 6.03. The summed E-state index contributed by atoms with van der Waals surface area (Å²) in [5, 5.41) is 4.26. The Labute approximate surface area is 125 Å². The van der Waals surface area contributed by atoms with Crippen LogP contribution >= 0.6 is 0 Å². The van der Waals surface area contributed by atoms with Gasteiger partial charge in [0, 0.05) is 5.92 Å². The van der Waals surface area contributed by atoms with Crippen LogP contribution < -0.4 is 10.5 Å². The summed E-state index contributed by atoms with van der Waals surface area (Å²) >= 11 is 0. The lowest BCUT2D eigenvalue weighted by atomic mass is 9.80. The molecule has 0 saturated heterocycles. The molecule has 1 aromatic carbocycles. The summed E-state index contributed by atoms with van der Waals surface area (Å²) in [4.78, 5) is 0. The van der Waals surface area contributed by atoms with Crippen molar-refractivity contribution < 1.29 is 9.26 Å². The van der Waals surface area contributed by atoms with Gasteiger partial charge in [-0.05, 0) is 36.5 Å². The lowest BCUT2D eigenvalue weighted by Gasteiger charge is -2.25.